The third-order valence-corrected chi connectivity index (χ3v) is 5.57. The van der Waals surface area contributed by atoms with E-state index in [0.29, 0.717) is 0 Å². The van der Waals surface area contributed by atoms with E-state index in [1.54, 1.807) is 0 Å². The van der Waals surface area contributed by atoms with Crippen LogP contribution in [0.1, 0.15) is 37.8 Å². The van der Waals surface area contributed by atoms with Gasteiger partial charge in [0.25, 0.3) is 0 Å². The highest BCUT2D eigenvalue weighted by Gasteiger charge is 2.20. The number of nitrogens with one attached hydrogen (secondary N) is 2. The fraction of sp³-hybridized carbons (Fsp3) is 0.565. The van der Waals surface area contributed by atoms with E-state index in [1.807, 2.05) is 30.2 Å². The minimum absolute atomic E-state index is 0.748. The molecule has 2 heterocycles. The summed E-state index contributed by atoms with van der Waals surface area (Å²) in [6, 6.07) is 10.4. The Morgan fingerprint density at radius 1 is 1.10 bits per heavy atom. The smallest absolute Gasteiger partial charge is 0.191 e. The Morgan fingerprint density at radius 2 is 1.86 bits per heavy atom. The fourth-order valence-corrected chi connectivity index (χ4v) is 4.34. The zero-order valence-electron chi connectivity index (χ0n) is 18.1. The molecule has 0 spiro atoms. The van der Waals surface area contributed by atoms with Gasteiger partial charge in [-0.1, -0.05) is 38.1 Å². The van der Waals surface area contributed by atoms with E-state index < -0.39 is 0 Å². The van der Waals surface area contributed by atoms with Crippen molar-refractivity contribution in [3.8, 4) is 0 Å². The highest BCUT2D eigenvalue weighted by molar-refractivity contribution is 5.79. The molecule has 6 heteroatoms. The van der Waals surface area contributed by atoms with Gasteiger partial charge in [0.15, 0.2) is 5.96 Å². The van der Waals surface area contributed by atoms with Crippen LogP contribution >= 0.6 is 0 Å². The number of hydrogen-bond donors (Lipinski definition) is 2. The van der Waals surface area contributed by atoms with Gasteiger partial charge in [0.05, 0.1) is 6.54 Å². The second-order valence-electron chi connectivity index (χ2n) is 8.38. The van der Waals surface area contributed by atoms with Crippen molar-refractivity contribution >= 4 is 5.96 Å². The summed E-state index contributed by atoms with van der Waals surface area (Å²) in [5.74, 6) is 2.50. The summed E-state index contributed by atoms with van der Waals surface area (Å²) in [6.45, 7) is 10.9. The molecule has 6 nitrogen and oxygen atoms in total. The van der Waals surface area contributed by atoms with Gasteiger partial charge in [-0.3, -0.25) is 9.67 Å². The molecule has 1 aliphatic rings. The maximum absolute atomic E-state index is 4.38. The van der Waals surface area contributed by atoms with E-state index in [0.717, 1.165) is 50.4 Å². The van der Waals surface area contributed by atoms with Crippen LogP contribution in [0.25, 0.3) is 0 Å². The molecular formula is C23H36N6. The number of piperidine rings is 1. The average molecular weight is 397 g/mol. The van der Waals surface area contributed by atoms with Crippen LogP contribution in [-0.2, 0) is 13.1 Å². The Labute approximate surface area is 175 Å². The van der Waals surface area contributed by atoms with Gasteiger partial charge in [-0.2, -0.15) is 5.10 Å². The normalized spacial score (nSPS) is 20.6. The van der Waals surface area contributed by atoms with Crippen molar-refractivity contribution in [1.29, 1.82) is 0 Å². The molecular weight excluding hydrogens is 360 g/mol. The molecule has 1 aromatic carbocycles. The van der Waals surface area contributed by atoms with Crippen LogP contribution in [0.5, 0.6) is 0 Å². The summed E-state index contributed by atoms with van der Waals surface area (Å²) in [5, 5.41) is 11.2. The van der Waals surface area contributed by atoms with E-state index in [1.165, 1.54) is 30.6 Å². The largest absolute Gasteiger partial charge is 0.356 e. The van der Waals surface area contributed by atoms with Crippen LogP contribution in [0.3, 0.4) is 0 Å². The van der Waals surface area contributed by atoms with Crippen LogP contribution in [-0.4, -0.2) is 53.9 Å². The van der Waals surface area contributed by atoms with Gasteiger partial charge < -0.3 is 15.5 Å². The number of likely N-dealkylation sites (tertiary alicyclic amines) is 1. The molecule has 0 amide bonds. The van der Waals surface area contributed by atoms with Crippen molar-refractivity contribution in [1.82, 2.24) is 25.3 Å². The van der Waals surface area contributed by atoms with Gasteiger partial charge in [-0.15, -0.1) is 0 Å². The molecule has 2 aromatic rings. The zero-order valence-corrected chi connectivity index (χ0v) is 18.1. The van der Waals surface area contributed by atoms with Crippen LogP contribution in [0.2, 0.25) is 0 Å². The molecule has 1 aliphatic heterocycles. The second kappa shape index (κ2) is 11.0. The van der Waals surface area contributed by atoms with E-state index >= 15 is 0 Å². The molecule has 2 atom stereocenters. The Kier molecular flexibility index (Phi) is 8.11. The highest BCUT2D eigenvalue weighted by atomic mass is 15.3. The van der Waals surface area contributed by atoms with Crippen molar-refractivity contribution in [2.75, 3.05) is 33.2 Å². The number of nitrogens with zero attached hydrogens (tertiary/aromatic N) is 4. The van der Waals surface area contributed by atoms with Crippen molar-refractivity contribution in [2.45, 2.75) is 39.8 Å². The van der Waals surface area contributed by atoms with Gasteiger partial charge in [0.1, 0.15) is 0 Å². The third-order valence-electron chi connectivity index (χ3n) is 5.57. The topological polar surface area (TPSA) is 57.5 Å². The van der Waals surface area contributed by atoms with Gasteiger partial charge >= 0.3 is 0 Å². The lowest BCUT2D eigenvalue weighted by Gasteiger charge is -2.35. The standard InChI is InChI=1S/C23H36N6/c1-19-14-20(2)17-28(16-19)12-6-10-25-23(24-3)26-15-21-8-4-5-9-22(21)18-29-13-7-11-27-29/h4-5,7-9,11,13,19-20H,6,10,12,14-18H2,1-3H3,(H2,24,25,26). The fourth-order valence-electron chi connectivity index (χ4n) is 4.34. The highest BCUT2D eigenvalue weighted by Crippen LogP contribution is 2.20. The summed E-state index contributed by atoms with van der Waals surface area (Å²) < 4.78 is 1.95. The average Bonchev–Trinajstić information content (AvgIpc) is 3.21. The van der Waals surface area contributed by atoms with Gasteiger partial charge in [-0.05, 0) is 48.4 Å². The monoisotopic (exact) mass is 396 g/mol. The molecule has 0 bridgehead atoms. The Morgan fingerprint density at radius 3 is 2.55 bits per heavy atom. The molecule has 1 saturated heterocycles. The molecule has 158 valence electrons. The summed E-state index contributed by atoms with van der Waals surface area (Å²) in [6.07, 6.45) is 6.32. The number of rotatable bonds is 8. The van der Waals surface area contributed by atoms with Gasteiger partial charge in [0, 0.05) is 45.6 Å². The van der Waals surface area contributed by atoms with Crippen LogP contribution in [0.15, 0.2) is 47.7 Å². The lowest BCUT2D eigenvalue weighted by molar-refractivity contribution is 0.140. The molecule has 1 aromatic heterocycles. The van der Waals surface area contributed by atoms with E-state index in [4.69, 9.17) is 0 Å². The van der Waals surface area contributed by atoms with Crippen molar-refractivity contribution < 1.29 is 0 Å². The molecule has 2 unspecified atom stereocenters. The number of aliphatic imine (C=N–C) groups is 1. The number of benzene rings is 1. The summed E-state index contributed by atoms with van der Waals surface area (Å²) in [5.41, 5.74) is 2.54. The molecule has 1 fully saturated rings. The lowest BCUT2D eigenvalue weighted by Crippen LogP contribution is -2.41. The second-order valence-corrected chi connectivity index (χ2v) is 8.38. The zero-order chi connectivity index (χ0) is 20.5. The van der Waals surface area contributed by atoms with E-state index in [9.17, 15) is 0 Å². The summed E-state index contributed by atoms with van der Waals surface area (Å²) in [7, 11) is 1.83. The summed E-state index contributed by atoms with van der Waals surface area (Å²) >= 11 is 0. The predicted octanol–water partition coefficient (Wildman–Crippen LogP) is 2.96. The first-order chi connectivity index (χ1) is 14.1. The number of hydrogen-bond acceptors (Lipinski definition) is 3. The van der Waals surface area contributed by atoms with Crippen molar-refractivity contribution in [2.24, 2.45) is 16.8 Å². The van der Waals surface area contributed by atoms with Crippen molar-refractivity contribution in [3.63, 3.8) is 0 Å². The number of aromatic nitrogens is 2. The molecule has 0 radical (unpaired) electrons. The predicted molar refractivity (Wildman–Crippen MR) is 120 cm³/mol. The molecule has 0 aliphatic carbocycles. The minimum Gasteiger partial charge on any atom is -0.356 e. The van der Waals surface area contributed by atoms with E-state index in [-0.39, 0.29) is 0 Å². The van der Waals surface area contributed by atoms with Gasteiger partial charge in [0.2, 0.25) is 0 Å². The van der Waals surface area contributed by atoms with Gasteiger partial charge in [-0.25, -0.2) is 0 Å². The first kappa shape index (κ1) is 21.4. The first-order valence-corrected chi connectivity index (χ1v) is 10.8. The SMILES string of the molecule is CN=C(NCCCN1CC(C)CC(C)C1)NCc1ccccc1Cn1cccn1. The molecule has 29 heavy (non-hydrogen) atoms. The minimum atomic E-state index is 0.748. The van der Waals surface area contributed by atoms with E-state index in [2.05, 4.69) is 63.7 Å². The lowest BCUT2D eigenvalue weighted by atomic mass is 9.92. The van der Waals surface area contributed by atoms with Crippen LogP contribution in [0, 0.1) is 11.8 Å². The Balaban J connectivity index is 1.42. The molecule has 0 saturated carbocycles. The first-order valence-electron chi connectivity index (χ1n) is 10.8. The maximum atomic E-state index is 4.38. The maximum Gasteiger partial charge on any atom is 0.191 e. The molecule has 2 N–H and O–H groups in total. The Hall–Kier alpha value is -2.34. The third kappa shape index (κ3) is 6.89. The quantitative estimate of drug-likeness (QED) is 0.409. The summed E-state index contributed by atoms with van der Waals surface area (Å²) in [4.78, 5) is 6.99. The van der Waals surface area contributed by atoms with Crippen LogP contribution < -0.4 is 10.6 Å². The number of guanidine groups is 1. The van der Waals surface area contributed by atoms with Crippen LogP contribution in [0.4, 0.5) is 0 Å². The van der Waals surface area contributed by atoms with Crippen molar-refractivity contribution in [3.05, 3.63) is 53.9 Å². The Bertz CT molecular complexity index is 744. The molecule has 3 rings (SSSR count).